The molecule has 0 saturated carbocycles. The molecule has 8 heteroatoms. The van der Waals surface area contributed by atoms with Crippen LogP contribution in [0.3, 0.4) is 0 Å². The molecular weight excluding hydrogens is 441 g/mol. The first-order valence-electron chi connectivity index (χ1n) is 9.65. The maximum atomic E-state index is 12.4. The molecule has 0 atom stereocenters. The number of nitrogens with one attached hydrogen (secondary N) is 1. The van der Waals surface area contributed by atoms with Crippen LogP contribution in [0.2, 0.25) is 10.0 Å². The average molecular weight is 462 g/mol. The number of amides is 1. The number of aromatic nitrogens is 1. The number of anilines is 1. The van der Waals surface area contributed by atoms with Crippen LogP contribution in [0.4, 0.5) is 5.69 Å². The zero-order valence-electron chi connectivity index (χ0n) is 16.2. The van der Waals surface area contributed by atoms with Crippen LogP contribution < -0.4 is 5.32 Å². The summed E-state index contributed by atoms with van der Waals surface area (Å²) in [6, 6.07) is 13.4. The lowest BCUT2D eigenvalue weighted by Gasteiger charge is -2.26. The number of morpholine rings is 1. The third-order valence-electron chi connectivity index (χ3n) is 4.72. The summed E-state index contributed by atoms with van der Waals surface area (Å²) in [4.78, 5) is 19.4. The number of ether oxygens (including phenoxy) is 1. The third-order valence-corrected chi connectivity index (χ3v) is 6.10. The predicted octanol–water partition coefficient (Wildman–Crippen LogP) is 5.13. The van der Waals surface area contributed by atoms with Gasteiger partial charge in [0.05, 0.1) is 25.3 Å². The molecule has 0 spiro atoms. The van der Waals surface area contributed by atoms with Crippen LogP contribution >= 0.6 is 34.5 Å². The summed E-state index contributed by atoms with van der Waals surface area (Å²) >= 11 is 13.5. The Morgan fingerprint density at radius 3 is 2.67 bits per heavy atom. The fourth-order valence-electron chi connectivity index (χ4n) is 3.34. The van der Waals surface area contributed by atoms with E-state index in [2.05, 4.69) is 39.5 Å². The van der Waals surface area contributed by atoms with Gasteiger partial charge in [0.15, 0.2) is 0 Å². The number of thiazole rings is 1. The van der Waals surface area contributed by atoms with E-state index in [-0.39, 0.29) is 12.3 Å². The summed E-state index contributed by atoms with van der Waals surface area (Å²) in [6.45, 7) is 4.40. The van der Waals surface area contributed by atoms with Crippen molar-refractivity contribution in [3.63, 3.8) is 0 Å². The number of benzene rings is 2. The molecule has 1 fully saturated rings. The number of carbonyl (C=O) groups excluding carboxylic acids is 1. The Hall–Kier alpha value is -1.96. The molecule has 2 aromatic carbocycles. The van der Waals surface area contributed by atoms with Crippen LogP contribution in [0.25, 0.3) is 10.6 Å². The molecule has 1 N–H and O–H groups in total. The van der Waals surface area contributed by atoms with E-state index < -0.39 is 0 Å². The van der Waals surface area contributed by atoms with Crippen molar-refractivity contribution in [1.29, 1.82) is 0 Å². The molecule has 1 aromatic heterocycles. The van der Waals surface area contributed by atoms with Crippen molar-refractivity contribution in [2.24, 2.45) is 0 Å². The molecule has 1 saturated heterocycles. The number of halogens is 2. The van der Waals surface area contributed by atoms with Gasteiger partial charge in [0.1, 0.15) is 5.01 Å². The maximum Gasteiger partial charge on any atom is 0.230 e. The molecule has 0 unspecified atom stereocenters. The van der Waals surface area contributed by atoms with E-state index in [0.29, 0.717) is 15.7 Å². The van der Waals surface area contributed by atoms with Crippen molar-refractivity contribution >= 4 is 46.1 Å². The summed E-state index contributed by atoms with van der Waals surface area (Å²) in [6.07, 6.45) is 0.189. The van der Waals surface area contributed by atoms with Crippen molar-refractivity contribution < 1.29 is 9.53 Å². The van der Waals surface area contributed by atoms with Gasteiger partial charge in [-0.1, -0.05) is 41.4 Å². The Morgan fingerprint density at radius 2 is 1.90 bits per heavy atom. The molecule has 156 valence electrons. The van der Waals surface area contributed by atoms with Crippen LogP contribution in [0, 0.1) is 0 Å². The molecule has 0 radical (unpaired) electrons. The standard InChI is InChI=1S/C22H21Cl2N3O2S/c23-17-9-18(24)11-19(10-17)25-21(28)12-20-14-30-22(26-20)16-3-1-2-15(8-16)13-27-4-6-29-7-5-27/h1-3,8-11,14H,4-7,12-13H2,(H,25,28). The highest BCUT2D eigenvalue weighted by Crippen LogP contribution is 2.26. The monoisotopic (exact) mass is 461 g/mol. The second-order valence-electron chi connectivity index (χ2n) is 7.12. The van der Waals surface area contributed by atoms with E-state index in [1.54, 1.807) is 29.5 Å². The topological polar surface area (TPSA) is 54.5 Å². The smallest absolute Gasteiger partial charge is 0.230 e. The number of carbonyl (C=O) groups is 1. The molecule has 1 aliphatic rings. The Labute approximate surface area is 189 Å². The van der Waals surface area contributed by atoms with Crippen molar-refractivity contribution in [3.05, 3.63) is 69.1 Å². The van der Waals surface area contributed by atoms with Crippen LogP contribution in [0.5, 0.6) is 0 Å². The Morgan fingerprint density at radius 1 is 1.13 bits per heavy atom. The molecule has 2 heterocycles. The first kappa shape index (κ1) is 21.3. The van der Waals surface area contributed by atoms with E-state index in [9.17, 15) is 4.79 Å². The molecule has 1 aliphatic heterocycles. The van der Waals surface area contributed by atoms with Crippen molar-refractivity contribution in [2.75, 3.05) is 31.6 Å². The van der Waals surface area contributed by atoms with Gasteiger partial charge < -0.3 is 10.1 Å². The number of rotatable bonds is 6. The summed E-state index contributed by atoms with van der Waals surface area (Å²) in [5.41, 5.74) is 3.63. The van der Waals surface area contributed by atoms with Gasteiger partial charge in [-0.2, -0.15) is 0 Å². The second-order valence-corrected chi connectivity index (χ2v) is 8.85. The number of hydrogen-bond acceptors (Lipinski definition) is 5. The first-order valence-corrected chi connectivity index (χ1v) is 11.3. The fourth-order valence-corrected chi connectivity index (χ4v) is 4.68. The Kier molecular flexibility index (Phi) is 7.02. The van der Waals surface area contributed by atoms with E-state index in [4.69, 9.17) is 27.9 Å². The summed E-state index contributed by atoms with van der Waals surface area (Å²) in [5.74, 6) is -0.161. The van der Waals surface area contributed by atoms with Gasteiger partial charge in [-0.05, 0) is 29.8 Å². The molecule has 4 rings (SSSR count). The first-order chi connectivity index (χ1) is 14.5. The van der Waals surface area contributed by atoms with Gasteiger partial charge in [-0.3, -0.25) is 9.69 Å². The van der Waals surface area contributed by atoms with Crippen molar-refractivity contribution in [3.8, 4) is 10.6 Å². The second kappa shape index (κ2) is 9.90. The lowest BCUT2D eigenvalue weighted by Crippen LogP contribution is -2.35. The van der Waals surface area contributed by atoms with E-state index in [0.717, 1.165) is 49.1 Å². The molecule has 0 aliphatic carbocycles. The number of hydrogen-bond donors (Lipinski definition) is 1. The molecule has 1 amide bonds. The lowest BCUT2D eigenvalue weighted by molar-refractivity contribution is -0.115. The van der Waals surface area contributed by atoms with Crippen molar-refractivity contribution in [2.45, 2.75) is 13.0 Å². The fraction of sp³-hybridized carbons (Fsp3) is 0.273. The highest BCUT2D eigenvalue weighted by Gasteiger charge is 2.13. The van der Waals surface area contributed by atoms with Crippen LogP contribution in [-0.2, 0) is 22.5 Å². The summed E-state index contributed by atoms with van der Waals surface area (Å²) in [7, 11) is 0. The Balaban J connectivity index is 1.39. The molecule has 3 aromatic rings. The zero-order valence-corrected chi connectivity index (χ0v) is 18.6. The minimum Gasteiger partial charge on any atom is -0.379 e. The summed E-state index contributed by atoms with van der Waals surface area (Å²) in [5, 5.41) is 6.61. The van der Waals surface area contributed by atoms with Crippen LogP contribution in [-0.4, -0.2) is 42.1 Å². The van der Waals surface area contributed by atoms with Crippen LogP contribution in [0.1, 0.15) is 11.3 Å². The summed E-state index contributed by atoms with van der Waals surface area (Å²) < 4.78 is 5.42. The quantitative estimate of drug-likeness (QED) is 0.552. The SMILES string of the molecule is O=C(Cc1csc(-c2cccc(CN3CCOCC3)c2)n1)Nc1cc(Cl)cc(Cl)c1. The Bertz CT molecular complexity index is 1010. The molecular formula is C22H21Cl2N3O2S. The van der Waals surface area contributed by atoms with Gasteiger partial charge in [0.2, 0.25) is 5.91 Å². The van der Waals surface area contributed by atoms with E-state index in [1.165, 1.54) is 5.56 Å². The van der Waals surface area contributed by atoms with Gasteiger partial charge in [-0.15, -0.1) is 11.3 Å². The lowest BCUT2D eigenvalue weighted by atomic mass is 10.1. The van der Waals surface area contributed by atoms with E-state index in [1.807, 2.05) is 5.38 Å². The van der Waals surface area contributed by atoms with Gasteiger partial charge >= 0.3 is 0 Å². The largest absolute Gasteiger partial charge is 0.379 e. The van der Waals surface area contributed by atoms with Gasteiger partial charge in [-0.25, -0.2) is 4.98 Å². The molecule has 5 nitrogen and oxygen atoms in total. The van der Waals surface area contributed by atoms with Crippen molar-refractivity contribution in [1.82, 2.24) is 9.88 Å². The van der Waals surface area contributed by atoms with Gasteiger partial charge in [0, 0.05) is 46.3 Å². The average Bonchev–Trinajstić information content (AvgIpc) is 3.16. The zero-order chi connectivity index (χ0) is 20.9. The molecule has 0 bridgehead atoms. The minimum atomic E-state index is -0.161. The van der Waals surface area contributed by atoms with E-state index >= 15 is 0 Å². The normalized spacial score (nSPS) is 14.6. The highest BCUT2D eigenvalue weighted by atomic mass is 35.5. The van der Waals surface area contributed by atoms with Gasteiger partial charge in [0.25, 0.3) is 0 Å². The maximum absolute atomic E-state index is 12.4. The highest BCUT2D eigenvalue weighted by molar-refractivity contribution is 7.13. The minimum absolute atomic E-state index is 0.161. The predicted molar refractivity (Wildman–Crippen MR) is 122 cm³/mol. The number of nitrogens with zero attached hydrogens (tertiary/aromatic N) is 2. The molecule has 30 heavy (non-hydrogen) atoms. The van der Waals surface area contributed by atoms with Crippen LogP contribution in [0.15, 0.2) is 47.8 Å². The third kappa shape index (κ3) is 5.80.